The van der Waals surface area contributed by atoms with Crippen molar-refractivity contribution in [3.63, 3.8) is 0 Å². The molecule has 0 radical (unpaired) electrons. The molecule has 2 aliphatic heterocycles. The maximum absolute atomic E-state index is 2.80. The van der Waals surface area contributed by atoms with Gasteiger partial charge in [0.2, 0.25) is 0 Å². The minimum atomic E-state index is -0.192. The summed E-state index contributed by atoms with van der Waals surface area (Å²) < 4.78 is 10.9. The lowest BCUT2D eigenvalue weighted by Gasteiger charge is -2.35. The summed E-state index contributed by atoms with van der Waals surface area (Å²) >= 11 is 0. The van der Waals surface area contributed by atoms with E-state index in [0.29, 0.717) is 0 Å². The molecule has 4 aromatic heterocycles. The zero-order valence-corrected chi connectivity index (χ0v) is 68.5. The number of rotatable bonds is 3. The van der Waals surface area contributed by atoms with Gasteiger partial charge in [0.1, 0.15) is 0 Å². The van der Waals surface area contributed by atoms with Gasteiger partial charge in [-0.1, -0.05) is 276 Å². The molecule has 5 heteroatoms. The summed E-state index contributed by atoms with van der Waals surface area (Å²) in [6.07, 6.45) is 0. The normalized spacial score (nSPS) is 13.7. The molecule has 0 unspecified atom stereocenters. The lowest BCUT2D eigenvalue weighted by atomic mass is 9.34. The summed E-state index contributed by atoms with van der Waals surface area (Å²) in [7, 11) is 0. The van der Waals surface area contributed by atoms with Crippen LogP contribution >= 0.6 is 0 Å². The maximum atomic E-state index is 2.80. The van der Waals surface area contributed by atoms with Gasteiger partial charge in [0, 0.05) is 76.3 Å². The Hall–Kier alpha value is -11.7. The summed E-state index contributed by atoms with van der Waals surface area (Å²) in [5.74, 6) is 0. The van der Waals surface area contributed by atoms with Crippen molar-refractivity contribution in [2.24, 2.45) is 0 Å². The number of benzene rings is 16. The lowest BCUT2D eigenvalue weighted by Crippen LogP contribution is -2.59. The quantitative estimate of drug-likeness (QED) is 0.124. The largest absolute Gasteiger partial charge is 0.310 e. The Morgan fingerprint density at radius 2 is 0.513 bits per heavy atom. The molecule has 0 N–H and O–H groups in total. The van der Waals surface area contributed by atoms with E-state index in [1.54, 1.807) is 0 Å². The molecular weight excluding hydrogens is 1360 g/mol. The fourth-order valence-electron chi connectivity index (χ4n) is 20.7. The maximum Gasteiger partial charge on any atom is 0.252 e. The van der Waals surface area contributed by atoms with Crippen molar-refractivity contribution >= 4 is 175 Å². The van der Waals surface area contributed by atoms with Crippen LogP contribution in [0.2, 0.25) is 0 Å². The minimum absolute atomic E-state index is 0.0870. The Morgan fingerprint density at radius 1 is 0.204 bits per heavy atom. The zero-order valence-electron chi connectivity index (χ0n) is 68.5. The summed E-state index contributed by atoms with van der Waals surface area (Å²) in [5, 5.41) is 25.6. The van der Waals surface area contributed by atoms with Crippen molar-refractivity contribution in [2.75, 3.05) is 0 Å². The van der Waals surface area contributed by atoms with Crippen LogP contribution in [0.4, 0.5) is 0 Å². The zero-order chi connectivity index (χ0) is 77.7. The van der Waals surface area contributed by atoms with Gasteiger partial charge in [-0.05, 0) is 239 Å². The average Bonchev–Trinajstić information content (AvgIpc) is 1.53. The van der Waals surface area contributed by atoms with E-state index in [0.717, 1.165) is 22.5 Å². The SMILES string of the molecule is CC(C)(C)c1ccc2c(c1)c1cc(C(C)(C)C)ccc1n2-c1cccc(-n2c3ccc(C(C)(C)C)cc3c3cc(C(C)(C)C)ccc32)c1-c1cc2c3c(c1)-n1c4ccc5c6ccccc6c6ccccc6c5c4c4c5c6ccccc6c6ccccc6c5cc(c41)B3c1cc(C(C)(C)C)cc3c4cc(C(C)(C)C)ccc4n-2c13. The van der Waals surface area contributed by atoms with Gasteiger partial charge in [-0.25, -0.2) is 0 Å². The standard InChI is InChI=1S/C108H95BN4/c1-103(2,3)61-38-44-85-76(52-61)77-53-62(104(4,5)6)39-45-86(77)110(85)90-36-27-37-91(111-87-46-40-63(105(7,8)9)54-78(87)79-55-64(106(10,11)12)41-47-88(79)111)95(90)60-50-93-100-94(51-60)113-92-49-43-75-71-32-21-19-28-67(71)69-30-23-25-34-73(69)96(75)98(92)99-97-74-35-26-24-31-70(74)68-29-20-22-33-72(68)81(97)59-84(102(99)113)109(100)83-58-66(108(16,17)18)57-82-80-56-65(107(13,14)15)42-48-89(80)112(93)101(82)83/h19-59H,1-18H3. The second kappa shape index (κ2) is 22.6. The minimum Gasteiger partial charge on any atom is -0.310 e. The third-order valence-corrected chi connectivity index (χ3v) is 26.6. The monoisotopic (exact) mass is 1460 g/mol. The summed E-state index contributed by atoms with van der Waals surface area (Å²) in [6, 6.07) is 99.5. The molecule has 20 aromatic rings. The Morgan fingerprint density at radius 3 is 0.912 bits per heavy atom. The van der Waals surface area contributed by atoms with Crippen molar-refractivity contribution < 1.29 is 0 Å². The molecule has 0 aliphatic carbocycles. The van der Waals surface area contributed by atoms with Crippen molar-refractivity contribution in [3.8, 4) is 33.9 Å². The van der Waals surface area contributed by atoms with Crippen LogP contribution in [0, 0.1) is 0 Å². The van der Waals surface area contributed by atoms with Crippen LogP contribution in [-0.4, -0.2) is 25.0 Å². The molecule has 113 heavy (non-hydrogen) atoms. The molecular formula is C108H95BN4. The van der Waals surface area contributed by atoms with Crippen LogP contribution in [0.25, 0.3) is 186 Å². The molecule has 16 aromatic carbocycles. The highest BCUT2D eigenvalue weighted by atomic mass is 15.1. The first-order valence-electron chi connectivity index (χ1n) is 41.1. The third kappa shape index (κ3) is 9.46. The van der Waals surface area contributed by atoms with Crippen molar-refractivity contribution in [3.05, 3.63) is 282 Å². The number of nitrogens with zero attached hydrogens (tertiary/aromatic N) is 4. The molecule has 0 saturated carbocycles. The highest BCUT2D eigenvalue weighted by molar-refractivity contribution is 7.00. The first-order valence-corrected chi connectivity index (χ1v) is 41.1. The van der Waals surface area contributed by atoms with E-state index >= 15 is 0 Å². The molecule has 22 rings (SSSR count). The molecule has 6 heterocycles. The van der Waals surface area contributed by atoms with E-state index < -0.39 is 0 Å². The van der Waals surface area contributed by atoms with E-state index in [4.69, 9.17) is 0 Å². The Kier molecular flexibility index (Phi) is 13.6. The first kappa shape index (κ1) is 68.2. The highest BCUT2D eigenvalue weighted by Crippen LogP contribution is 2.53. The van der Waals surface area contributed by atoms with E-state index in [1.807, 2.05) is 0 Å². The van der Waals surface area contributed by atoms with Crippen LogP contribution in [0.3, 0.4) is 0 Å². The first-order chi connectivity index (χ1) is 53.9. The van der Waals surface area contributed by atoms with Gasteiger partial charge in [-0.15, -0.1) is 0 Å². The molecule has 0 fully saturated rings. The van der Waals surface area contributed by atoms with Crippen LogP contribution in [0.1, 0.15) is 158 Å². The second-order valence-corrected chi connectivity index (χ2v) is 39.7. The fourth-order valence-corrected chi connectivity index (χ4v) is 20.7. The van der Waals surface area contributed by atoms with Crippen LogP contribution < -0.4 is 16.4 Å². The van der Waals surface area contributed by atoms with Crippen LogP contribution in [-0.2, 0) is 32.5 Å². The number of hydrogen-bond donors (Lipinski definition) is 0. The third-order valence-electron chi connectivity index (χ3n) is 26.6. The molecule has 0 bridgehead atoms. The smallest absolute Gasteiger partial charge is 0.252 e. The van der Waals surface area contributed by atoms with E-state index in [2.05, 4.69) is 392 Å². The lowest BCUT2D eigenvalue weighted by molar-refractivity contribution is 0.590. The van der Waals surface area contributed by atoms with Crippen molar-refractivity contribution in [1.82, 2.24) is 18.3 Å². The molecule has 4 nitrogen and oxygen atoms in total. The number of aromatic nitrogens is 4. The van der Waals surface area contributed by atoms with E-state index in [-0.39, 0.29) is 39.2 Å². The van der Waals surface area contributed by atoms with Gasteiger partial charge in [-0.3, -0.25) is 0 Å². The highest BCUT2D eigenvalue weighted by Gasteiger charge is 2.44. The molecule has 550 valence electrons. The molecule has 0 saturated heterocycles. The Labute approximate surface area is 662 Å². The van der Waals surface area contributed by atoms with Gasteiger partial charge < -0.3 is 18.3 Å². The van der Waals surface area contributed by atoms with Crippen LogP contribution in [0.15, 0.2) is 249 Å². The van der Waals surface area contributed by atoms with Crippen molar-refractivity contribution in [1.29, 1.82) is 0 Å². The van der Waals surface area contributed by atoms with E-state index in [9.17, 15) is 0 Å². The van der Waals surface area contributed by atoms with Crippen LogP contribution in [0.5, 0.6) is 0 Å². The van der Waals surface area contributed by atoms with Gasteiger partial charge in [-0.2, -0.15) is 0 Å². The predicted molar refractivity (Wildman–Crippen MR) is 491 cm³/mol. The summed E-state index contributed by atoms with van der Waals surface area (Å²) in [4.78, 5) is 0. The number of fused-ring (bicyclic) bond motifs is 30. The second-order valence-electron chi connectivity index (χ2n) is 39.7. The van der Waals surface area contributed by atoms with Crippen molar-refractivity contribution in [2.45, 2.75) is 157 Å². The number of hydrogen-bond acceptors (Lipinski definition) is 0. The summed E-state index contributed by atoms with van der Waals surface area (Å²) in [6.45, 7) is 42.5. The predicted octanol–water partition coefficient (Wildman–Crippen LogP) is 27.6. The average molecular weight is 1460 g/mol. The van der Waals surface area contributed by atoms with Gasteiger partial charge >= 0.3 is 0 Å². The Bertz CT molecular complexity index is 7370. The van der Waals surface area contributed by atoms with Gasteiger partial charge in [0.25, 0.3) is 6.71 Å². The molecule has 0 atom stereocenters. The van der Waals surface area contributed by atoms with Gasteiger partial charge in [0.05, 0.1) is 50.0 Å². The fraction of sp³-hybridized carbons (Fsp3) is 0.222. The Balaban J connectivity index is 0.993. The molecule has 0 amide bonds. The topological polar surface area (TPSA) is 19.7 Å². The summed E-state index contributed by atoms with van der Waals surface area (Å²) in [5.41, 5.74) is 28.1. The van der Waals surface area contributed by atoms with Gasteiger partial charge in [0.15, 0.2) is 0 Å². The van der Waals surface area contributed by atoms with E-state index in [1.165, 1.54) is 213 Å². The molecule has 0 spiro atoms. The molecule has 2 aliphatic rings.